The van der Waals surface area contributed by atoms with Crippen LogP contribution in [0.15, 0.2) is 67.0 Å². The SMILES string of the molecule is O=c1oc2ccc(Cl)cc2cc1CO[C@H]1[C@@H](O)[C@@H](CO)O[C@@H](S[C@@H]2O[C@H](CO)[C@H](O)[C@H](OCc3cc4cc(Cl)ccc4oc3=O)[C@H]2O)[C@@H]1O. The van der Waals surface area contributed by atoms with E-state index in [1.807, 2.05) is 0 Å². The normalized spacial score (nSPS) is 30.6. The Bertz CT molecular complexity index is 1770. The molecular formula is C32H32Cl2O14S. The lowest BCUT2D eigenvalue weighted by Crippen LogP contribution is -2.61. The molecule has 0 amide bonds. The Kier molecular flexibility index (Phi) is 11.3. The van der Waals surface area contributed by atoms with Crippen molar-refractivity contribution in [1.29, 1.82) is 0 Å². The van der Waals surface area contributed by atoms with E-state index in [1.165, 1.54) is 24.3 Å². The van der Waals surface area contributed by atoms with Crippen molar-refractivity contribution in [3.8, 4) is 0 Å². The average Bonchev–Trinajstić information content (AvgIpc) is 3.07. The molecule has 6 rings (SSSR count). The number of aliphatic hydroxyl groups excluding tert-OH is 6. The van der Waals surface area contributed by atoms with Gasteiger partial charge in [0.2, 0.25) is 0 Å². The molecule has 2 aliphatic heterocycles. The van der Waals surface area contributed by atoms with Crippen molar-refractivity contribution in [3.05, 3.63) is 90.5 Å². The number of benzene rings is 2. The number of thioether (sulfide) groups is 1. The van der Waals surface area contributed by atoms with E-state index in [4.69, 9.17) is 51.0 Å². The molecule has 264 valence electrons. The Morgan fingerprint density at radius 2 is 1.04 bits per heavy atom. The highest BCUT2D eigenvalue weighted by atomic mass is 35.5. The molecule has 2 fully saturated rings. The fourth-order valence-electron chi connectivity index (χ4n) is 5.70. The highest BCUT2D eigenvalue weighted by Crippen LogP contribution is 2.38. The average molecular weight is 744 g/mol. The summed E-state index contributed by atoms with van der Waals surface area (Å²) in [4.78, 5) is 25.2. The first-order chi connectivity index (χ1) is 23.5. The molecule has 0 radical (unpaired) electrons. The quantitative estimate of drug-likeness (QED) is 0.126. The Labute approximate surface area is 291 Å². The van der Waals surface area contributed by atoms with Gasteiger partial charge in [-0.05, 0) is 48.5 Å². The largest absolute Gasteiger partial charge is 0.422 e. The fraction of sp³-hybridized carbons (Fsp3) is 0.438. The second-order valence-corrected chi connectivity index (χ2v) is 13.7. The Morgan fingerprint density at radius 3 is 1.43 bits per heavy atom. The van der Waals surface area contributed by atoms with Crippen LogP contribution in [-0.4, -0.2) is 104 Å². The maximum Gasteiger partial charge on any atom is 0.341 e. The number of hydrogen-bond acceptors (Lipinski definition) is 15. The van der Waals surface area contributed by atoms with E-state index in [0.29, 0.717) is 32.0 Å². The van der Waals surface area contributed by atoms with Crippen LogP contribution in [0.1, 0.15) is 11.1 Å². The molecule has 14 nitrogen and oxygen atoms in total. The van der Waals surface area contributed by atoms with Crippen LogP contribution in [0.5, 0.6) is 0 Å². The molecule has 0 aliphatic carbocycles. The second kappa shape index (κ2) is 15.3. The highest BCUT2D eigenvalue weighted by molar-refractivity contribution is 8.00. The number of hydrogen-bond donors (Lipinski definition) is 6. The van der Waals surface area contributed by atoms with E-state index in [1.54, 1.807) is 24.3 Å². The highest BCUT2D eigenvalue weighted by Gasteiger charge is 2.51. The van der Waals surface area contributed by atoms with Crippen molar-refractivity contribution in [2.75, 3.05) is 13.2 Å². The van der Waals surface area contributed by atoms with Gasteiger partial charge in [0.15, 0.2) is 0 Å². The van der Waals surface area contributed by atoms with Crippen molar-refractivity contribution < 1.29 is 58.4 Å². The third-order valence-corrected chi connectivity index (χ3v) is 10.1. The van der Waals surface area contributed by atoms with Crippen molar-refractivity contribution >= 4 is 56.9 Å². The molecule has 10 atom stereocenters. The lowest BCUT2D eigenvalue weighted by Gasteiger charge is -2.46. The lowest BCUT2D eigenvalue weighted by atomic mass is 9.99. The number of rotatable bonds is 10. The number of fused-ring (bicyclic) bond motifs is 2. The molecule has 0 bridgehead atoms. The van der Waals surface area contributed by atoms with Crippen molar-refractivity contribution in [2.45, 2.75) is 72.9 Å². The first-order valence-electron chi connectivity index (χ1n) is 15.1. The third-order valence-electron chi connectivity index (χ3n) is 8.31. The Hall–Kier alpha value is -2.61. The topological polar surface area (TPSA) is 219 Å². The van der Waals surface area contributed by atoms with Crippen LogP contribution in [0.3, 0.4) is 0 Å². The minimum atomic E-state index is -1.60. The van der Waals surface area contributed by atoms with Crippen molar-refractivity contribution in [3.63, 3.8) is 0 Å². The fourth-order valence-corrected chi connectivity index (χ4v) is 7.38. The van der Waals surface area contributed by atoms with E-state index in [-0.39, 0.29) is 11.1 Å². The van der Waals surface area contributed by atoms with Crippen LogP contribution in [0.2, 0.25) is 10.0 Å². The molecule has 0 unspecified atom stereocenters. The van der Waals surface area contributed by atoms with Gasteiger partial charge in [0.1, 0.15) is 70.9 Å². The summed E-state index contributed by atoms with van der Waals surface area (Å²) >= 11 is 12.8. The van der Waals surface area contributed by atoms with E-state index >= 15 is 0 Å². The second-order valence-electron chi connectivity index (χ2n) is 11.6. The summed E-state index contributed by atoms with van der Waals surface area (Å²) in [6, 6.07) is 12.4. The summed E-state index contributed by atoms with van der Waals surface area (Å²) in [5.41, 5.74) is -3.29. The number of halogens is 2. The molecule has 6 N–H and O–H groups in total. The van der Waals surface area contributed by atoms with E-state index in [0.717, 1.165) is 11.8 Å². The number of ether oxygens (including phenoxy) is 4. The molecule has 4 heterocycles. The predicted molar refractivity (Wildman–Crippen MR) is 175 cm³/mol. The van der Waals surface area contributed by atoms with Gasteiger partial charge in [0.05, 0.1) is 37.6 Å². The summed E-state index contributed by atoms with van der Waals surface area (Å²) in [5, 5.41) is 66.0. The summed E-state index contributed by atoms with van der Waals surface area (Å²) in [6.07, 6.45) is -11.6. The van der Waals surface area contributed by atoms with Gasteiger partial charge in [0, 0.05) is 20.8 Å². The molecule has 0 spiro atoms. The van der Waals surface area contributed by atoms with Crippen LogP contribution in [0.25, 0.3) is 21.9 Å². The van der Waals surface area contributed by atoms with Gasteiger partial charge in [-0.25, -0.2) is 9.59 Å². The van der Waals surface area contributed by atoms with Gasteiger partial charge >= 0.3 is 11.3 Å². The lowest BCUT2D eigenvalue weighted by molar-refractivity contribution is -0.231. The van der Waals surface area contributed by atoms with Gasteiger partial charge in [-0.1, -0.05) is 35.0 Å². The van der Waals surface area contributed by atoms with Crippen LogP contribution >= 0.6 is 35.0 Å². The van der Waals surface area contributed by atoms with Crippen LogP contribution in [0, 0.1) is 0 Å². The van der Waals surface area contributed by atoms with Gasteiger partial charge in [-0.2, -0.15) is 0 Å². The summed E-state index contributed by atoms with van der Waals surface area (Å²) < 4.78 is 33.7. The zero-order chi connectivity index (χ0) is 35.0. The Balaban J connectivity index is 1.17. The monoisotopic (exact) mass is 742 g/mol. The van der Waals surface area contributed by atoms with Crippen LogP contribution < -0.4 is 11.3 Å². The van der Waals surface area contributed by atoms with Gasteiger partial charge in [-0.3, -0.25) is 0 Å². The molecular weight excluding hydrogens is 711 g/mol. The zero-order valence-corrected chi connectivity index (χ0v) is 27.7. The van der Waals surface area contributed by atoms with Gasteiger partial charge in [-0.15, -0.1) is 0 Å². The minimum Gasteiger partial charge on any atom is -0.422 e. The van der Waals surface area contributed by atoms with E-state index < -0.39 is 97.4 Å². The molecule has 2 aliphatic rings. The molecule has 2 saturated heterocycles. The van der Waals surface area contributed by atoms with Gasteiger partial charge in [0.25, 0.3) is 0 Å². The summed E-state index contributed by atoms with van der Waals surface area (Å²) in [7, 11) is 0. The van der Waals surface area contributed by atoms with E-state index in [9.17, 15) is 40.2 Å². The first kappa shape index (κ1) is 36.2. The van der Waals surface area contributed by atoms with E-state index in [2.05, 4.69) is 0 Å². The molecule has 4 aromatic rings. The first-order valence-corrected chi connectivity index (χ1v) is 16.8. The van der Waals surface area contributed by atoms with Crippen molar-refractivity contribution in [2.24, 2.45) is 0 Å². The predicted octanol–water partition coefficient (Wildman–Crippen LogP) is 1.29. The van der Waals surface area contributed by atoms with Crippen molar-refractivity contribution in [1.82, 2.24) is 0 Å². The molecule has 2 aromatic heterocycles. The van der Waals surface area contributed by atoms with Crippen LogP contribution in [-0.2, 0) is 32.2 Å². The maximum atomic E-state index is 12.6. The smallest absolute Gasteiger partial charge is 0.341 e. The number of aliphatic hydroxyl groups is 6. The minimum absolute atomic E-state index is 0.0692. The Morgan fingerprint density at radius 1 is 0.633 bits per heavy atom. The van der Waals surface area contributed by atoms with Crippen LogP contribution in [0.4, 0.5) is 0 Å². The third kappa shape index (κ3) is 7.69. The standard InChI is InChI=1S/C32H32Cl2O14S/c33-17-1-3-19-13(7-17)5-15(29(41)45-19)11-43-27-23(37)21(9-35)47-31(25(27)39)49-32-26(40)28(24(38)22(10-36)48-32)44-12-16-6-14-8-18(34)2-4-20(14)46-30(16)42/h1-8,21-28,31-32,35-40H,9-12H2/t21-,22-,23+,24+,25-,26-,27+,28+,31+,32+/m1/s1. The molecule has 2 aromatic carbocycles. The zero-order valence-electron chi connectivity index (χ0n) is 25.3. The maximum absolute atomic E-state index is 12.6. The molecule has 0 saturated carbocycles. The molecule has 49 heavy (non-hydrogen) atoms. The van der Waals surface area contributed by atoms with Gasteiger partial charge < -0.3 is 58.4 Å². The molecule has 17 heteroatoms. The summed E-state index contributed by atoms with van der Waals surface area (Å²) in [5.74, 6) is 0. The summed E-state index contributed by atoms with van der Waals surface area (Å²) in [6.45, 7) is -2.16.